The summed E-state index contributed by atoms with van der Waals surface area (Å²) in [5, 5.41) is 5.96. The lowest BCUT2D eigenvalue weighted by molar-refractivity contribution is -0.147. The maximum atomic E-state index is 13.3. The Balaban J connectivity index is 1.40. The first kappa shape index (κ1) is 19.5. The van der Waals surface area contributed by atoms with Gasteiger partial charge in [-0.05, 0) is 37.5 Å². The molecule has 3 heterocycles. The Morgan fingerprint density at radius 3 is 2.35 bits per heavy atom. The van der Waals surface area contributed by atoms with Crippen LogP contribution in [0.5, 0.6) is 0 Å². The summed E-state index contributed by atoms with van der Waals surface area (Å²) in [5.41, 5.74) is 2.84. The predicted molar refractivity (Wildman–Crippen MR) is 113 cm³/mol. The van der Waals surface area contributed by atoms with Crippen molar-refractivity contribution in [3.8, 4) is 0 Å². The zero-order valence-electron chi connectivity index (χ0n) is 17.2. The van der Waals surface area contributed by atoms with Gasteiger partial charge in [-0.25, -0.2) is 5.01 Å². The monoisotopic (exact) mass is 417 g/mol. The number of fused-ring (bicyclic) bond motifs is 1. The largest absolute Gasteiger partial charge is 0.467 e. The maximum Gasteiger partial charge on any atom is 0.263 e. The summed E-state index contributed by atoms with van der Waals surface area (Å²) in [6.07, 6.45) is 7.03. The molecular weight excluding hydrogens is 394 g/mol. The van der Waals surface area contributed by atoms with E-state index in [2.05, 4.69) is 5.10 Å². The van der Waals surface area contributed by atoms with Crippen LogP contribution in [0.2, 0.25) is 0 Å². The number of hydrogen-bond donors (Lipinski definition) is 0. The molecule has 1 aromatic carbocycles. The second-order valence-corrected chi connectivity index (χ2v) is 8.30. The molecule has 1 saturated heterocycles. The van der Waals surface area contributed by atoms with E-state index in [1.54, 1.807) is 12.3 Å². The van der Waals surface area contributed by atoms with Gasteiger partial charge in [0.1, 0.15) is 18.3 Å². The number of rotatable bonds is 4. The molecule has 0 radical (unpaired) electrons. The van der Waals surface area contributed by atoms with Gasteiger partial charge in [0.2, 0.25) is 11.8 Å². The van der Waals surface area contributed by atoms with E-state index in [0.29, 0.717) is 25.0 Å². The fourth-order valence-electron chi connectivity index (χ4n) is 4.60. The van der Waals surface area contributed by atoms with Gasteiger partial charge in [0.05, 0.1) is 23.8 Å². The highest BCUT2D eigenvalue weighted by atomic mass is 16.3. The van der Waals surface area contributed by atoms with Crippen molar-refractivity contribution in [3.05, 3.63) is 71.7 Å². The standard InChI is InChI=1S/C24H23N3O4/c1-15-8-10-16(11-9-15)19-13-20(21-7-4-12-31-21)27(25-19)22(28)14-26-23(29)17-5-2-3-6-18(17)24(26)30/h2-4,7-12,17-18,20H,5-6,13-14H2,1H3/t17-,18-,20-/m0/s1. The molecule has 0 unspecified atom stereocenters. The lowest BCUT2D eigenvalue weighted by atomic mass is 9.85. The van der Waals surface area contributed by atoms with Crippen LogP contribution in [0.15, 0.2) is 64.3 Å². The SMILES string of the molecule is Cc1ccc(C2=NN(C(=O)CN3C(=O)[C@H]4CC=CC[C@@H]4C3=O)[C@H](c3ccco3)C2)cc1. The number of aryl methyl sites for hydroxylation is 1. The molecule has 0 saturated carbocycles. The lowest BCUT2D eigenvalue weighted by Gasteiger charge is -2.22. The minimum Gasteiger partial charge on any atom is -0.467 e. The molecule has 3 amide bonds. The highest BCUT2D eigenvalue weighted by Crippen LogP contribution is 2.36. The zero-order valence-corrected chi connectivity index (χ0v) is 17.2. The van der Waals surface area contributed by atoms with Crippen molar-refractivity contribution in [2.75, 3.05) is 6.54 Å². The minimum atomic E-state index is -0.407. The van der Waals surface area contributed by atoms with Crippen molar-refractivity contribution >= 4 is 23.4 Å². The van der Waals surface area contributed by atoms with Crippen LogP contribution >= 0.6 is 0 Å². The van der Waals surface area contributed by atoms with Gasteiger partial charge in [-0.15, -0.1) is 0 Å². The fourth-order valence-corrected chi connectivity index (χ4v) is 4.60. The fraction of sp³-hybridized carbons (Fsp3) is 0.333. The van der Waals surface area contributed by atoms with E-state index in [0.717, 1.165) is 21.7 Å². The third kappa shape index (κ3) is 3.40. The molecule has 1 aliphatic carbocycles. The highest BCUT2D eigenvalue weighted by Gasteiger charge is 2.48. The second-order valence-electron chi connectivity index (χ2n) is 8.30. The van der Waals surface area contributed by atoms with Gasteiger partial charge < -0.3 is 4.42 Å². The van der Waals surface area contributed by atoms with Gasteiger partial charge in [0.25, 0.3) is 5.91 Å². The van der Waals surface area contributed by atoms with Gasteiger partial charge in [-0.3, -0.25) is 19.3 Å². The van der Waals surface area contributed by atoms with Crippen LogP contribution in [0.3, 0.4) is 0 Å². The first-order valence-electron chi connectivity index (χ1n) is 10.5. The number of hydrogen-bond acceptors (Lipinski definition) is 5. The third-order valence-electron chi connectivity index (χ3n) is 6.31. The number of imide groups is 1. The number of nitrogens with zero attached hydrogens (tertiary/aromatic N) is 3. The first-order valence-corrected chi connectivity index (χ1v) is 10.5. The Bertz CT molecular complexity index is 1060. The van der Waals surface area contributed by atoms with Crippen LogP contribution in [0.1, 0.15) is 42.2 Å². The molecule has 31 heavy (non-hydrogen) atoms. The number of benzene rings is 1. The normalized spacial score (nSPS) is 25.2. The zero-order chi connectivity index (χ0) is 21.5. The summed E-state index contributed by atoms with van der Waals surface area (Å²) in [4.78, 5) is 39.9. The van der Waals surface area contributed by atoms with E-state index in [1.165, 1.54) is 5.01 Å². The van der Waals surface area contributed by atoms with Crippen molar-refractivity contribution < 1.29 is 18.8 Å². The summed E-state index contributed by atoms with van der Waals surface area (Å²) in [6, 6.07) is 11.1. The van der Waals surface area contributed by atoms with E-state index in [1.807, 2.05) is 49.4 Å². The molecule has 3 atom stereocenters. The number of carbonyl (C=O) groups is 3. The van der Waals surface area contributed by atoms with E-state index < -0.39 is 11.9 Å². The Kier molecular flexibility index (Phi) is 4.81. The van der Waals surface area contributed by atoms with Crippen LogP contribution in [-0.4, -0.2) is 39.9 Å². The molecule has 7 nitrogen and oxygen atoms in total. The number of allylic oxidation sites excluding steroid dienone is 2. The molecule has 3 aliphatic rings. The minimum absolute atomic E-state index is 0.260. The van der Waals surface area contributed by atoms with Gasteiger partial charge >= 0.3 is 0 Å². The summed E-state index contributed by atoms with van der Waals surface area (Å²) < 4.78 is 5.57. The van der Waals surface area contributed by atoms with Gasteiger partial charge in [-0.2, -0.15) is 5.10 Å². The van der Waals surface area contributed by atoms with Crippen LogP contribution in [-0.2, 0) is 14.4 Å². The average molecular weight is 417 g/mol. The number of furan rings is 1. The Morgan fingerprint density at radius 1 is 1.06 bits per heavy atom. The maximum absolute atomic E-state index is 13.3. The molecule has 1 aromatic heterocycles. The van der Waals surface area contributed by atoms with Gasteiger partial charge in [-0.1, -0.05) is 42.0 Å². The van der Waals surface area contributed by atoms with Crippen LogP contribution in [0, 0.1) is 18.8 Å². The number of likely N-dealkylation sites (tertiary alicyclic amines) is 1. The summed E-state index contributed by atoms with van der Waals surface area (Å²) in [6.45, 7) is 1.71. The van der Waals surface area contributed by atoms with E-state index in [9.17, 15) is 14.4 Å². The molecule has 2 aromatic rings. The van der Waals surface area contributed by atoms with Crippen LogP contribution < -0.4 is 0 Å². The van der Waals surface area contributed by atoms with E-state index in [-0.39, 0.29) is 30.2 Å². The molecular formula is C24H23N3O4. The molecule has 2 aliphatic heterocycles. The summed E-state index contributed by atoms with van der Waals surface area (Å²) >= 11 is 0. The lowest BCUT2D eigenvalue weighted by Crippen LogP contribution is -2.41. The van der Waals surface area contributed by atoms with Crippen molar-refractivity contribution in [2.45, 2.75) is 32.2 Å². The Hall–Kier alpha value is -3.48. The van der Waals surface area contributed by atoms with Gasteiger partial charge in [0.15, 0.2) is 0 Å². The number of carbonyl (C=O) groups excluding carboxylic acids is 3. The Morgan fingerprint density at radius 2 is 1.74 bits per heavy atom. The number of hydrazone groups is 1. The molecule has 5 rings (SSSR count). The van der Waals surface area contributed by atoms with E-state index >= 15 is 0 Å². The number of amides is 3. The third-order valence-corrected chi connectivity index (χ3v) is 6.31. The Labute approximate surface area is 180 Å². The van der Waals surface area contributed by atoms with Crippen molar-refractivity contribution in [1.82, 2.24) is 9.91 Å². The average Bonchev–Trinajstić information content (AvgIpc) is 3.51. The van der Waals surface area contributed by atoms with Crippen LogP contribution in [0.25, 0.3) is 0 Å². The molecule has 0 spiro atoms. The van der Waals surface area contributed by atoms with Crippen molar-refractivity contribution in [2.24, 2.45) is 16.9 Å². The highest BCUT2D eigenvalue weighted by molar-refractivity contribution is 6.08. The molecule has 0 N–H and O–H groups in total. The second kappa shape index (κ2) is 7.65. The van der Waals surface area contributed by atoms with Crippen LogP contribution in [0.4, 0.5) is 0 Å². The smallest absolute Gasteiger partial charge is 0.263 e. The summed E-state index contributed by atoms with van der Waals surface area (Å²) in [7, 11) is 0. The van der Waals surface area contributed by atoms with Crippen molar-refractivity contribution in [1.29, 1.82) is 0 Å². The van der Waals surface area contributed by atoms with E-state index in [4.69, 9.17) is 4.42 Å². The summed E-state index contributed by atoms with van der Waals surface area (Å²) in [5.74, 6) is -0.992. The molecule has 7 heteroatoms. The predicted octanol–water partition coefficient (Wildman–Crippen LogP) is 3.22. The first-order chi connectivity index (χ1) is 15.0. The molecule has 1 fully saturated rings. The molecule has 0 bridgehead atoms. The topological polar surface area (TPSA) is 83.2 Å². The van der Waals surface area contributed by atoms with Gasteiger partial charge in [0, 0.05) is 6.42 Å². The molecule has 158 valence electrons. The van der Waals surface area contributed by atoms with Crippen molar-refractivity contribution in [3.63, 3.8) is 0 Å². The quantitative estimate of drug-likeness (QED) is 0.565.